The van der Waals surface area contributed by atoms with E-state index in [1.807, 2.05) is 6.92 Å². The van der Waals surface area contributed by atoms with Gasteiger partial charge in [0.2, 0.25) is 5.91 Å². The molecule has 5 nitrogen and oxygen atoms in total. The van der Waals surface area contributed by atoms with Crippen LogP contribution in [0.25, 0.3) is 0 Å². The SMILES string of the molecule is CCCCC(=O)NNC(=O)c1cc(C)oc1C. The quantitative estimate of drug-likeness (QED) is 0.786. The number of rotatable bonds is 4. The Hall–Kier alpha value is -1.78. The number of nitrogens with one attached hydrogen (secondary N) is 2. The van der Waals surface area contributed by atoms with E-state index in [1.165, 1.54) is 0 Å². The van der Waals surface area contributed by atoms with Crippen molar-refractivity contribution < 1.29 is 14.0 Å². The van der Waals surface area contributed by atoms with Gasteiger partial charge in [-0.05, 0) is 26.3 Å². The number of carbonyl (C=O) groups excluding carboxylic acids is 2. The second-order valence-electron chi connectivity index (χ2n) is 3.93. The first kappa shape index (κ1) is 13.3. The molecule has 0 saturated heterocycles. The largest absolute Gasteiger partial charge is 0.466 e. The second kappa shape index (κ2) is 6.08. The zero-order valence-corrected chi connectivity index (χ0v) is 10.4. The van der Waals surface area contributed by atoms with Crippen LogP contribution < -0.4 is 10.9 Å². The van der Waals surface area contributed by atoms with Crippen LogP contribution in [-0.4, -0.2) is 11.8 Å². The van der Waals surface area contributed by atoms with Crippen molar-refractivity contribution >= 4 is 11.8 Å². The van der Waals surface area contributed by atoms with Crippen LogP contribution in [0.1, 0.15) is 48.1 Å². The topological polar surface area (TPSA) is 71.3 Å². The fourth-order valence-electron chi connectivity index (χ4n) is 1.45. The van der Waals surface area contributed by atoms with E-state index >= 15 is 0 Å². The number of unbranched alkanes of at least 4 members (excludes halogenated alkanes) is 1. The van der Waals surface area contributed by atoms with Gasteiger partial charge in [0.1, 0.15) is 11.5 Å². The molecule has 5 heteroatoms. The summed E-state index contributed by atoms with van der Waals surface area (Å²) in [6, 6.07) is 1.64. The molecular formula is C12H18N2O3. The third-order valence-corrected chi connectivity index (χ3v) is 2.36. The number of hydrazine groups is 1. The van der Waals surface area contributed by atoms with Crippen molar-refractivity contribution in [3.8, 4) is 0 Å². The van der Waals surface area contributed by atoms with Gasteiger partial charge in [-0.3, -0.25) is 20.4 Å². The highest BCUT2D eigenvalue weighted by Crippen LogP contribution is 2.12. The van der Waals surface area contributed by atoms with E-state index in [2.05, 4.69) is 10.9 Å². The molecule has 0 spiro atoms. The average molecular weight is 238 g/mol. The Morgan fingerprint density at radius 1 is 1.29 bits per heavy atom. The molecule has 2 amide bonds. The Morgan fingerprint density at radius 2 is 2.00 bits per heavy atom. The zero-order valence-electron chi connectivity index (χ0n) is 10.4. The van der Waals surface area contributed by atoms with Gasteiger partial charge < -0.3 is 4.42 Å². The van der Waals surface area contributed by atoms with Crippen molar-refractivity contribution in [2.75, 3.05) is 0 Å². The highest BCUT2D eigenvalue weighted by Gasteiger charge is 2.13. The van der Waals surface area contributed by atoms with Crippen LogP contribution in [0.2, 0.25) is 0 Å². The van der Waals surface area contributed by atoms with Gasteiger partial charge >= 0.3 is 0 Å². The standard InChI is InChI=1S/C12H18N2O3/c1-4-5-6-11(15)13-14-12(16)10-7-8(2)17-9(10)3/h7H,4-6H2,1-3H3,(H,13,15)(H,14,16). The van der Waals surface area contributed by atoms with Crippen LogP contribution >= 0.6 is 0 Å². The van der Waals surface area contributed by atoms with Crippen LogP contribution in [0.4, 0.5) is 0 Å². The molecule has 94 valence electrons. The maximum atomic E-state index is 11.7. The third kappa shape index (κ3) is 3.94. The summed E-state index contributed by atoms with van der Waals surface area (Å²) < 4.78 is 5.23. The van der Waals surface area contributed by atoms with Crippen LogP contribution in [0.15, 0.2) is 10.5 Å². The van der Waals surface area contributed by atoms with Gasteiger partial charge in [-0.25, -0.2) is 0 Å². The molecule has 1 aromatic heterocycles. The first-order valence-electron chi connectivity index (χ1n) is 5.70. The molecule has 0 bridgehead atoms. The Labute approximate surface area is 101 Å². The van der Waals surface area contributed by atoms with Crippen molar-refractivity contribution in [2.45, 2.75) is 40.0 Å². The molecule has 0 aliphatic heterocycles. The smallest absolute Gasteiger partial charge is 0.273 e. The van der Waals surface area contributed by atoms with Crippen LogP contribution in [0.3, 0.4) is 0 Å². The van der Waals surface area contributed by atoms with Crippen molar-refractivity contribution in [3.05, 3.63) is 23.2 Å². The van der Waals surface area contributed by atoms with Gasteiger partial charge in [0.25, 0.3) is 5.91 Å². The first-order chi connectivity index (χ1) is 8.04. The molecule has 2 N–H and O–H groups in total. The maximum absolute atomic E-state index is 11.7. The highest BCUT2D eigenvalue weighted by atomic mass is 16.3. The fraction of sp³-hybridized carbons (Fsp3) is 0.500. The number of amides is 2. The number of hydrogen-bond donors (Lipinski definition) is 2. The Bertz CT molecular complexity index is 410. The van der Waals surface area contributed by atoms with E-state index in [-0.39, 0.29) is 11.8 Å². The summed E-state index contributed by atoms with van der Waals surface area (Å²) in [6.07, 6.45) is 2.17. The molecule has 0 aliphatic rings. The molecule has 1 heterocycles. The molecule has 1 rings (SSSR count). The number of furan rings is 1. The molecule has 0 fully saturated rings. The van der Waals surface area contributed by atoms with Gasteiger partial charge in [0.05, 0.1) is 5.56 Å². The monoisotopic (exact) mass is 238 g/mol. The van der Waals surface area contributed by atoms with Crippen LogP contribution in [0.5, 0.6) is 0 Å². The predicted octanol–water partition coefficient (Wildman–Crippen LogP) is 1.85. The molecule has 0 aromatic carbocycles. The lowest BCUT2D eigenvalue weighted by atomic mass is 10.2. The zero-order chi connectivity index (χ0) is 12.8. The van der Waals surface area contributed by atoms with Crippen LogP contribution in [0, 0.1) is 13.8 Å². The van der Waals surface area contributed by atoms with Crippen molar-refractivity contribution in [2.24, 2.45) is 0 Å². The van der Waals surface area contributed by atoms with E-state index in [9.17, 15) is 9.59 Å². The minimum atomic E-state index is -0.357. The summed E-state index contributed by atoms with van der Waals surface area (Å²) in [5.74, 6) is 0.676. The lowest BCUT2D eigenvalue weighted by Gasteiger charge is -2.05. The molecule has 1 aromatic rings. The Kier molecular flexibility index (Phi) is 4.75. The second-order valence-corrected chi connectivity index (χ2v) is 3.93. The third-order valence-electron chi connectivity index (χ3n) is 2.36. The molecule has 0 radical (unpaired) electrons. The Morgan fingerprint density at radius 3 is 2.53 bits per heavy atom. The van der Waals surface area contributed by atoms with Gasteiger partial charge in [-0.2, -0.15) is 0 Å². The average Bonchev–Trinajstić information content (AvgIpc) is 2.62. The van der Waals surface area contributed by atoms with Crippen molar-refractivity contribution in [3.63, 3.8) is 0 Å². The summed E-state index contributed by atoms with van der Waals surface area (Å²) >= 11 is 0. The summed E-state index contributed by atoms with van der Waals surface area (Å²) in [5.41, 5.74) is 5.18. The molecule has 0 saturated carbocycles. The van der Waals surface area contributed by atoms with E-state index in [0.717, 1.165) is 12.8 Å². The Balaban J connectivity index is 2.45. The molecule has 0 aliphatic carbocycles. The minimum Gasteiger partial charge on any atom is -0.466 e. The molecular weight excluding hydrogens is 220 g/mol. The van der Waals surface area contributed by atoms with Gasteiger partial charge in [0.15, 0.2) is 0 Å². The van der Waals surface area contributed by atoms with Gasteiger partial charge in [-0.15, -0.1) is 0 Å². The minimum absolute atomic E-state index is 0.182. The summed E-state index contributed by atoms with van der Waals surface area (Å²) in [5, 5.41) is 0. The summed E-state index contributed by atoms with van der Waals surface area (Å²) in [7, 11) is 0. The van der Waals surface area contributed by atoms with Gasteiger partial charge in [0, 0.05) is 6.42 Å². The first-order valence-corrected chi connectivity index (χ1v) is 5.70. The molecule has 0 unspecified atom stereocenters. The normalized spacial score (nSPS) is 10.1. The highest BCUT2D eigenvalue weighted by molar-refractivity contribution is 5.96. The van der Waals surface area contributed by atoms with Crippen LogP contribution in [-0.2, 0) is 4.79 Å². The maximum Gasteiger partial charge on any atom is 0.273 e. The number of hydrogen-bond acceptors (Lipinski definition) is 3. The predicted molar refractivity (Wildman–Crippen MR) is 63.3 cm³/mol. The van der Waals surface area contributed by atoms with Gasteiger partial charge in [-0.1, -0.05) is 13.3 Å². The molecule has 0 atom stereocenters. The lowest BCUT2D eigenvalue weighted by Crippen LogP contribution is -2.41. The fourth-order valence-corrected chi connectivity index (χ4v) is 1.45. The van der Waals surface area contributed by atoms with E-state index in [1.54, 1.807) is 19.9 Å². The van der Waals surface area contributed by atoms with Crippen molar-refractivity contribution in [1.82, 2.24) is 10.9 Å². The van der Waals surface area contributed by atoms with E-state index in [4.69, 9.17) is 4.42 Å². The van der Waals surface area contributed by atoms with E-state index < -0.39 is 0 Å². The number of carbonyl (C=O) groups is 2. The number of aryl methyl sites for hydroxylation is 2. The van der Waals surface area contributed by atoms with E-state index in [0.29, 0.717) is 23.5 Å². The molecule has 17 heavy (non-hydrogen) atoms. The summed E-state index contributed by atoms with van der Waals surface area (Å²) in [4.78, 5) is 22.9. The lowest BCUT2D eigenvalue weighted by molar-refractivity contribution is -0.121. The summed E-state index contributed by atoms with van der Waals surface area (Å²) in [6.45, 7) is 5.48. The van der Waals surface area contributed by atoms with Crippen molar-refractivity contribution in [1.29, 1.82) is 0 Å².